The van der Waals surface area contributed by atoms with Crippen molar-refractivity contribution in [2.24, 2.45) is 5.73 Å². The van der Waals surface area contributed by atoms with Crippen LogP contribution < -0.4 is 15.8 Å². The van der Waals surface area contributed by atoms with Crippen LogP contribution in [0.25, 0.3) is 0 Å². The molecule has 0 saturated heterocycles. The van der Waals surface area contributed by atoms with E-state index >= 15 is 0 Å². The third kappa shape index (κ3) is 5.72. The number of amides is 1. The number of hydrogen-bond acceptors (Lipinski definition) is 4. The van der Waals surface area contributed by atoms with E-state index in [0.717, 1.165) is 17.9 Å². The molecule has 0 aliphatic rings. The number of hydrogen-bond donors (Lipinski definition) is 2. The number of ether oxygens (including phenoxy) is 2. The van der Waals surface area contributed by atoms with E-state index in [1.54, 1.807) is 31.4 Å². The minimum absolute atomic E-state index is 0.157. The Labute approximate surface area is 114 Å². The third-order valence-corrected chi connectivity index (χ3v) is 2.61. The van der Waals surface area contributed by atoms with Gasteiger partial charge >= 0.3 is 0 Å². The fourth-order valence-corrected chi connectivity index (χ4v) is 1.55. The lowest BCUT2D eigenvalue weighted by atomic mass is 10.1. The molecule has 5 nitrogen and oxygen atoms in total. The van der Waals surface area contributed by atoms with Crippen LogP contribution in [0.1, 0.15) is 19.8 Å². The SMILES string of the molecule is CCC[C@H](N)C(=O)Nc1ccc(OCCOC)cc1. The Balaban J connectivity index is 2.45. The van der Waals surface area contributed by atoms with Crippen LogP contribution in [0.4, 0.5) is 5.69 Å². The molecule has 1 amide bonds. The van der Waals surface area contributed by atoms with Crippen molar-refractivity contribution in [2.45, 2.75) is 25.8 Å². The maximum Gasteiger partial charge on any atom is 0.241 e. The second-order valence-electron chi connectivity index (χ2n) is 4.25. The second kappa shape index (κ2) is 8.50. The molecular formula is C14H22N2O3. The maximum atomic E-state index is 11.7. The molecule has 1 aromatic carbocycles. The monoisotopic (exact) mass is 266 g/mol. The van der Waals surface area contributed by atoms with Crippen molar-refractivity contribution in [1.82, 2.24) is 0 Å². The summed E-state index contributed by atoms with van der Waals surface area (Å²) in [5, 5.41) is 2.78. The second-order valence-corrected chi connectivity index (χ2v) is 4.25. The summed E-state index contributed by atoms with van der Waals surface area (Å²) in [5.74, 6) is 0.586. The van der Waals surface area contributed by atoms with Gasteiger partial charge in [0, 0.05) is 12.8 Å². The molecule has 0 unspecified atom stereocenters. The summed E-state index contributed by atoms with van der Waals surface area (Å²) in [6.07, 6.45) is 1.57. The van der Waals surface area contributed by atoms with Gasteiger partial charge in [0.1, 0.15) is 12.4 Å². The standard InChI is InChI=1S/C14H22N2O3/c1-3-4-13(15)14(17)16-11-5-7-12(8-6-11)19-10-9-18-2/h5-8,13H,3-4,9-10,15H2,1-2H3,(H,16,17)/t13-/m0/s1. The minimum atomic E-state index is -0.456. The largest absolute Gasteiger partial charge is 0.491 e. The highest BCUT2D eigenvalue weighted by Gasteiger charge is 2.11. The van der Waals surface area contributed by atoms with Gasteiger partial charge in [-0.2, -0.15) is 0 Å². The van der Waals surface area contributed by atoms with Crippen molar-refractivity contribution >= 4 is 11.6 Å². The van der Waals surface area contributed by atoms with Crippen molar-refractivity contribution in [3.8, 4) is 5.75 Å². The lowest BCUT2D eigenvalue weighted by Crippen LogP contribution is -2.35. The zero-order valence-corrected chi connectivity index (χ0v) is 11.5. The summed E-state index contributed by atoms with van der Waals surface area (Å²) in [5.41, 5.74) is 6.45. The van der Waals surface area contributed by atoms with Crippen LogP contribution in [0.2, 0.25) is 0 Å². The zero-order chi connectivity index (χ0) is 14.1. The first-order valence-electron chi connectivity index (χ1n) is 6.45. The van der Waals surface area contributed by atoms with E-state index < -0.39 is 6.04 Å². The first-order valence-corrected chi connectivity index (χ1v) is 6.45. The van der Waals surface area contributed by atoms with Gasteiger partial charge in [-0.15, -0.1) is 0 Å². The van der Waals surface area contributed by atoms with Crippen LogP contribution in [0.15, 0.2) is 24.3 Å². The molecule has 0 saturated carbocycles. The van der Waals surface area contributed by atoms with Gasteiger partial charge in [0.05, 0.1) is 12.6 Å². The van der Waals surface area contributed by atoms with Crippen LogP contribution in [0, 0.1) is 0 Å². The minimum Gasteiger partial charge on any atom is -0.491 e. The average molecular weight is 266 g/mol. The zero-order valence-electron chi connectivity index (χ0n) is 11.5. The van der Waals surface area contributed by atoms with E-state index in [2.05, 4.69) is 5.32 Å². The number of anilines is 1. The Kier molecular flexibility index (Phi) is 6.92. The predicted octanol–water partition coefficient (Wildman–Crippen LogP) is 1.78. The van der Waals surface area contributed by atoms with Crippen LogP contribution in [-0.2, 0) is 9.53 Å². The summed E-state index contributed by atoms with van der Waals surface area (Å²) < 4.78 is 10.3. The number of methoxy groups -OCH3 is 1. The van der Waals surface area contributed by atoms with Crippen molar-refractivity contribution in [2.75, 3.05) is 25.6 Å². The lowest BCUT2D eigenvalue weighted by molar-refractivity contribution is -0.117. The van der Waals surface area contributed by atoms with Crippen LogP contribution in [0.5, 0.6) is 5.75 Å². The Hall–Kier alpha value is -1.59. The normalized spacial score (nSPS) is 11.9. The van der Waals surface area contributed by atoms with Gasteiger partial charge in [-0.3, -0.25) is 4.79 Å². The summed E-state index contributed by atoms with van der Waals surface area (Å²) in [6, 6.07) is 6.73. The molecule has 5 heteroatoms. The van der Waals surface area contributed by atoms with Crippen molar-refractivity contribution in [3.63, 3.8) is 0 Å². The van der Waals surface area contributed by atoms with E-state index in [1.165, 1.54) is 0 Å². The highest BCUT2D eigenvalue weighted by molar-refractivity contribution is 5.94. The molecule has 0 radical (unpaired) electrons. The molecule has 1 atom stereocenters. The molecule has 1 aromatic rings. The average Bonchev–Trinajstić information content (AvgIpc) is 2.41. The summed E-state index contributed by atoms with van der Waals surface area (Å²) in [4.78, 5) is 11.7. The van der Waals surface area contributed by atoms with Gasteiger partial charge in [0.25, 0.3) is 0 Å². The van der Waals surface area contributed by atoms with Crippen LogP contribution in [-0.4, -0.2) is 32.3 Å². The highest BCUT2D eigenvalue weighted by Crippen LogP contribution is 2.15. The molecule has 3 N–H and O–H groups in total. The third-order valence-electron chi connectivity index (χ3n) is 2.61. The molecule has 0 bridgehead atoms. The van der Waals surface area contributed by atoms with Crippen molar-refractivity contribution in [1.29, 1.82) is 0 Å². The van der Waals surface area contributed by atoms with Crippen LogP contribution in [0.3, 0.4) is 0 Å². The van der Waals surface area contributed by atoms with E-state index in [-0.39, 0.29) is 5.91 Å². The fourth-order valence-electron chi connectivity index (χ4n) is 1.55. The topological polar surface area (TPSA) is 73.6 Å². The van der Waals surface area contributed by atoms with Gasteiger partial charge in [0.15, 0.2) is 0 Å². The number of carbonyl (C=O) groups excluding carboxylic acids is 1. The molecule has 0 aliphatic carbocycles. The summed E-state index contributed by atoms with van der Waals surface area (Å²) in [6.45, 7) is 3.05. The molecule has 0 aliphatic heterocycles. The molecule has 0 spiro atoms. The van der Waals surface area contributed by atoms with Gasteiger partial charge < -0.3 is 20.5 Å². The number of nitrogens with one attached hydrogen (secondary N) is 1. The Morgan fingerprint density at radius 3 is 2.58 bits per heavy atom. The number of nitrogens with two attached hydrogens (primary N) is 1. The van der Waals surface area contributed by atoms with E-state index in [0.29, 0.717) is 19.6 Å². The first kappa shape index (κ1) is 15.5. The quantitative estimate of drug-likeness (QED) is 0.703. The first-order chi connectivity index (χ1) is 9.17. The highest BCUT2D eigenvalue weighted by atomic mass is 16.5. The molecule has 19 heavy (non-hydrogen) atoms. The molecule has 106 valence electrons. The molecule has 1 rings (SSSR count). The number of rotatable bonds is 8. The van der Waals surface area contributed by atoms with Gasteiger partial charge in [0.2, 0.25) is 5.91 Å². The molecular weight excluding hydrogens is 244 g/mol. The fraction of sp³-hybridized carbons (Fsp3) is 0.500. The number of carbonyl (C=O) groups is 1. The maximum absolute atomic E-state index is 11.7. The predicted molar refractivity (Wildman–Crippen MR) is 75.3 cm³/mol. The Bertz CT molecular complexity index is 379. The Morgan fingerprint density at radius 1 is 1.32 bits per heavy atom. The van der Waals surface area contributed by atoms with Gasteiger partial charge in [-0.25, -0.2) is 0 Å². The van der Waals surface area contributed by atoms with Crippen molar-refractivity contribution < 1.29 is 14.3 Å². The summed E-state index contributed by atoms with van der Waals surface area (Å²) >= 11 is 0. The lowest BCUT2D eigenvalue weighted by Gasteiger charge is -2.11. The smallest absolute Gasteiger partial charge is 0.241 e. The van der Waals surface area contributed by atoms with E-state index in [4.69, 9.17) is 15.2 Å². The molecule has 0 aromatic heterocycles. The van der Waals surface area contributed by atoms with E-state index in [9.17, 15) is 4.79 Å². The van der Waals surface area contributed by atoms with Gasteiger partial charge in [-0.1, -0.05) is 13.3 Å². The van der Waals surface area contributed by atoms with Crippen LogP contribution >= 0.6 is 0 Å². The molecule has 0 fully saturated rings. The summed E-state index contributed by atoms with van der Waals surface area (Å²) in [7, 11) is 1.63. The molecule has 0 heterocycles. The van der Waals surface area contributed by atoms with Gasteiger partial charge in [-0.05, 0) is 30.7 Å². The van der Waals surface area contributed by atoms with Crippen molar-refractivity contribution in [3.05, 3.63) is 24.3 Å². The Morgan fingerprint density at radius 2 is 2.00 bits per heavy atom. The van der Waals surface area contributed by atoms with E-state index in [1.807, 2.05) is 6.92 Å². The number of benzene rings is 1.